The average molecular weight is 296 g/mol. The van der Waals surface area contributed by atoms with Gasteiger partial charge in [-0.1, -0.05) is 56.3 Å². The minimum Gasteiger partial charge on any atom is -0.298 e. The van der Waals surface area contributed by atoms with E-state index in [1.54, 1.807) is 6.07 Å². The van der Waals surface area contributed by atoms with Gasteiger partial charge < -0.3 is 0 Å². The molecule has 0 heterocycles. The lowest BCUT2D eigenvalue weighted by molar-refractivity contribution is -0.119. The van der Waals surface area contributed by atoms with Crippen LogP contribution in [0.15, 0.2) is 18.2 Å². The quantitative estimate of drug-likeness (QED) is 0.632. The van der Waals surface area contributed by atoms with E-state index in [4.69, 9.17) is 16.9 Å². The summed E-state index contributed by atoms with van der Waals surface area (Å²) in [6.07, 6.45) is 5.41. The van der Waals surface area contributed by atoms with Gasteiger partial charge >= 0.3 is 0 Å². The third kappa shape index (κ3) is 4.61. The van der Waals surface area contributed by atoms with Crippen LogP contribution in [-0.4, -0.2) is 5.78 Å². The standard InChI is InChI=1S/C16H19ClFNO/c1-2-3-4-5-6-10-15(20)13(11-19)12-8-7-9-14(17)16(12)18/h7-9,13H,2-6,10H2,1H3. The molecule has 108 valence electrons. The SMILES string of the molecule is CCCCCCCC(=O)C(C#N)c1cccc(Cl)c1F. The molecule has 0 fully saturated rings. The van der Waals surface area contributed by atoms with E-state index in [-0.39, 0.29) is 16.4 Å². The van der Waals surface area contributed by atoms with Gasteiger partial charge in [-0.3, -0.25) is 4.79 Å². The molecule has 1 aromatic carbocycles. The monoisotopic (exact) mass is 295 g/mol. The lowest BCUT2D eigenvalue weighted by Gasteiger charge is -2.10. The summed E-state index contributed by atoms with van der Waals surface area (Å²) >= 11 is 5.69. The molecule has 1 aromatic rings. The van der Waals surface area contributed by atoms with E-state index in [0.717, 1.165) is 32.1 Å². The number of halogens is 2. The van der Waals surface area contributed by atoms with Gasteiger partial charge in [0.05, 0.1) is 11.1 Å². The van der Waals surface area contributed by atoms with E-state index in [9.17, 15) is 9.18 Å². The van der Waals surface area contributed by atoms with Gasteiger partial charge in [0.15, 0.2) is 5.78 Å². The summed E-state index contributed by atoms with van der Waals surface area (Å²) in [7, 11) is 0. The number of nitriles is 1. The van der Waals surface area contributed by atoms with Crippen LogP contribution in [-0.2, 0) is 4.79 Å². The van der Waals surface area contributed by atoms with Gasteiger partial charge in [0.2, 0.25) is 0 Å². The molecule has 0 saturated heterocycles. The highest BCUT2D eigenvalue weighted by molar-refractivity contribution is 6.30. The maximum absolute atomic E-state index is 13.9. The first kappa shape index (κ1) is 16.7. The van der Waals surface area contributed by atoms with Crippen molar-refractivity contribution in [2.75, 3.05) is 0 Å². The number of ketones is 1. The fraction of sp³-hybridized carbons (Fsp3) is 0.500. The van der Waals surface area contributed by atoms with E-state index in [2.05, 4.69) is 6.92 Å². The molecule has 0 aliphatic heterocycles. The first-order valence-electron chi connectivity index (χ1n) is 6.98. The third-order valence-electron chi connectivity index (χ3n) is 3.27. The van der Waals surface area contributed by atoms with E-state index < -0.39 is 11.7 Å². The van der Waals surface area contributed by atoms with Gasteiger partial charge in [-0.2, -0.15) is 5.26 Å². The summed E-state index contributed by atoms with van der Waals surface area (Å²) in [5.74, 6) is -1.95. The van der Waals surface area contributed by atoms with Crippen LogP contribution in [0, 0.1) is 17.1 Å². The second-order valence-corrected chi connectivity index (χ2v) is 5.24. The van der Waals surface area contributed by atoms with Crippen LogP contribution in [0.25, 0.3) is 0 Å². The summed E-state index contributed by atoms with van der Waals surface area (Å²) in [6.45, 7) is 2.12. The minimum absolute atomic E-state index is 0.0569. The molecule has 1 atom stereocenters. The minimum atomic E-state index is -1.06. The van der Waals surface area contributed by atoms with Gasteiger partial charge in [0, 0.05) is 12.0 Å². The zero-order chi connectivity index (χ0) is 15.0. The Kier molecular flexibility index (Phi) is 7.25. The number of rotatable bonds is 8. The largest absolute Gasteiger partial charge is 0.298 e. The zero-order valence-corrected chi connectivity index (χ0v) is 12.4. The fourth-order valence-corrected chi connectivity index (χ4v) is 2.29. The molecule has 1 rings (SSSR count). The van der Waals surface area contributed by atoms with Gasteiger partial charge in [0.25, 0.3) is 0 Å². The van der Waals surface area contributed by atoms with Crippen LogP contribution in [0.4, 0.5) is 4.39 Å². The second-order valence-electron chi connectivity index (χ2n) is 4.84. The maximum Gasteiger partial charge on any atom is 0.154 e. The van der Waals surface area contributed by atoms with Gasteiger partial charge in [-0.15, -0.1) is 0 Å². The van der Waals surface area contributed by atoms with Crippen molar-refractivity contribution in [1.29, 1.82) is 5.26 Å². The Balaban J connectivity index is 2.64. The first-order chi connectivity index (χ1) is 9.61. The number of hydrogen-bond acceptors (Lipinski definition) is 2. The van der Waals surface area contributed by atoms with Crippen molar-refractivity contribution < 1.29 is 9.18 Å². The smallest absolute Gasteiger partial charge is 0.154 e. The number of unbranched alkanes of at least 4 members (excludes halogenated alkanes) is 4. The highest BCUT2D eigenvalue weighted by Gasteiger charge is 2.23. The molecule has 20 heavy (non-hydrogen) atoms. The van der Waals surface area contributed by atoms with Crippen LogP contribution in [0.5, 0.6) is 0 Å². The van der Waals surface area contributed by atoms with Crippen LogP contribution < -0.4 is 0 Å². The molecule has 0 aromatic heterocycles. The normalized spacial score (nSPS) is 11.9. The Morgan fingerprint density at radius 3 is 2.70 bits per heavy atom. The van der Waals surface area contributed by atoms with Crippen LogP contribution in [0.3, 0.4) is 0 Å². The average Bonchev–Trinajstić information content (AvgIpc) is 2.44. The Labute approximate surface area is 124 Å². The number of nitrogens with zero attached hydrogens (tertiary/aromatic N) is 1. The van der Waals surface area contributed by atoms with Crippen LogP contribution in [0.1, 0.15) is 56.9 Å². The number of hydrogen-bond donors (Lipinski definition) is 0. The molecular weight excluding hydrogens is 277 g/mol. The molecule has 2 nitrogen and oxygen atoms in total. The molecule has 0 amide bonds. The second kappa shape index (κ2) is 8.71. The van der Waals surface area contributed by atoms with Gasteiger partial charge in [-0.05, 0) is 12.5 Å². The Hall–Kier alpha value is -1.40. The summed E-state index contributed by atoms with van der Waals surface area (Å²) in [5, 5.41) is 9.07. The van der Waals surface area contributed by atoms with Crippen LogP contribution >= 0.6 is 11.6 Å². The molecule has 0 saturated carbocycles. The van der Waals surface area contributed by atoms with Crippen molar-refractivity contribution in [3.05, 3.63) is 34.6 Å². The lowest BCUT2D eigenvalue weighted by atomic mass is 9.92. The van der Waals surface area contributed by atoms with Crippen molar-refractivity contribution >= 4 is 17.4 Å². The third-order valence-corrected chi connectivity index (χ3v) is 3.56. The fourth-order valence-electron chi connectivity index (χ4n) is 2.11. The molecule has 0 bridgehead atoms. The molecule has 0 aliphatic rings. The molecule has 1 unspecified atom stereocenters. The molecule has 0 spiro atoms. The number of Topliss-reactive ketones (excluding diaryl/α,β-unsaturated/α-hetero) is 1. The summed E-state index contributed by atoms with van der Waals surface area (Å²) in [6, 6.07) is 6.30. The highest BCUT2D eigenvalue weighted by Crippen LogP contribution is 2.26. The molecule has 0 N–H and O–H groups in total. The number of benzene rings is 1. The lowest BCUT2D eigenvalue weighted by Crippen LogP contribution is -2.12. The zero-order valence-electron chi connectivity index (χ0n) is 11.7. The summed E-state index contributed by atoms with van der Waals surface area (Å²) < 4.78 is 13.9. The van der Waals surface area contributed by atoms with Crippen molar-refractivity contribution in [1.82, 2.24) is 0 Å². The maximum atomic E-state index is 13.9. The molecule has 4 heteroatoms. The van der Waals surface area contributed by atoms with Crippen molar-refractivity contribution in [2.24, 2.45) is 0 Å². The number of carbonyl (C=O) groups excluding carboxylic acids is 1. The van der Waals surface area contributed by atoms with E-state index in [0.29, 0.717) is 6.42 Å². The summed E-state index contributed by atoms with van der Waals surface area (Å²) in [4.78, 5) is 12.0. The Bertz CT molecular complexity index is 496. The predicted molar refractivity (Wildman–Crippen MR) is 78.1 cm³/mol. The van der Waals surface area contributed by atoms with Crippen molar-refractivity contribution in [2.45, 2.75) is 51.4 Å². The molecule has 0 radical (unpaired) electrons. The first-order valence-corrected chi connectivity index (χ1v) is 7.35. The van der Waals surface area contributed by atoms with Gasteiger partial charge in [0.1, 0.15) is 11.7 Å². The van der Waals surface area contributed by atoms with E-state index >= 15 is 0 Å². The van der Waals surface area contributed by atoms with E-state index in [1.165, 1.54) is 12.1 Å². The molecular formula is C16H19ClFNO. The molecule has 0 aliphatic carbocycles. The van der Waals surface area contributed by atoms with Crippen LogP contribution in [0.2, 0.25) is 5.02 Å². The Morgan fingerprint density at radius 1 is 1.35 bits per heavy atom. The highest BCUT2D eigenvalue weighted by atomic mass is 35.5. The predicted octanol–water partition coefficient (Wildman–Crippen LogP) is 5.02. The topological polar surface area (TPSA) is 40.9 Å². The van der Waals surface area contributed by atoms with Gasteiger partial charge in [-0.25, -0.2) is 4.39 Å². The summed E-state index contributed by atoms with van der Waals surface area (Å²) in [5.41, 5.74) is 0.0820. The van der Waals surface area contributed by atoms with Crippen molar-refractivity contribution in [3.8, 4) is 6.07 Å². The van der Waals surface area contributed by atoms with E-state index in [1.807, 2.05) is 6.07 Å². The number of carbonyl (C=O) groups is 1. The van der Waals surface area contributed by atoms with Crippen molar-refractivity contribution in [3.63, 3.8) is 0 Å². The Morgan fingerprint density at radius 2 is 2.05 bits per heavy atom.